The van der Waals surface area contributed by atoms with Gasteiger partial charge >= 0.3 is 6.03 Å². The Labute approximate surface area is 173 Å². The van der Waals surface area contributed by atoms with Crippen LogP contribution in [-0.4, -0.2) is 46.6 Å². The van der Waals surface area contributed by atoms with E-state index in [4.69, 9.17) is 11.6 Å². The number of aromatic nitrogens is 2. The number of anilines is 2. The molecule has 2 aromatic rings. The van der Waals surface area contributed by atoms with E-state index in [1.54, 1.807) is 17.2 Å². The number of piperazine rings is 1. The normalized spacial score (nSPS) is 17.6. The molecule has 6 nitrogen and oxygen atoms in total. The van der Waals surface area contributed by atoms with E-state index in [0.29, 0.717) is 36.4 Å². The molecule has 2 heterocycles. The maximum atomic E-state index is 13.4. The van der Waals surface area contributed by atoms with Crippen LogP contribution in [0.15, 0.2) is 36.5 Å². The van der Waals surface area contributed by atoms with Crippen molar-refractivity contribution < 1.29 is 13.6 Å². The standard InChI is InChI=1S/C20H24ClF2N5O/c1-13(2)16-12-27(18-24-9-8-17(21)26-18)10-11-28(16)19(29)25-15-6-4-14(5-7-15)20(3,22)23/h4-9,13,16H,10-12H2,1-3H3,(H,25,29). The minimum absolute atomic E-state index is 0.0643. The molecule has 29 heavy (non-hydrogen) atoms. The third kappa shape index (κ3) is 5.12. The summed E-state index contributed by atoms with van der Waals surface area (Å²) in [6.45, 7) is 6.56. The van der Waals surface area contributed by atoms with Crippen molar-refractivity contribution in [1.82, 2.24) is 14.9 Å². The SMILES string of the molecule is CC(C)C1CN(c2nccc(Cl)n2)CCN1C(=O)Nc1ccc(C(C)(F)F)cc1. The molecule has 0 saturated carbocycles. The zero-order valence-corrected chi connectivity index (χ0v) is 17.3. The molecule has 1 unspecified atom stereocenters. The Morgan fingerprint density at radius 3 is 2.52 bits per heavy atom. The van der Waals surface area contributed by atoms with Gasteiger partial charge in [-0.15, -0.1) is 0 Å². The predicted molar refractivity (Wildman–Crippen MR) is 110 cm³/mol. The van der Waals surface area contributed by atoms with Crippen molar-refractivity contribution in [3.05, 3.63) is 47.2 Å². The van der Waals surface area contributed by atoms with Gasteiger partial charge < -0.3 is 15.1 Å². The maximum Gasteiger partial charge on any atom is 0.322 e. The van der Waals surface area contributed by atoms with Gasteiger partial charge in [-0.2, -0.15) is 0 Å². The molecule has 1 N–H and O–H groups in total. The van der Waals surface area contributed by atoms with E-state index >= 15 is 0 Å². The minimum Gasteiger partial charge on any atom is -0.337 e. The van der Waals surface area contributed by atoms with Gasteiger partial charge in [-0.1, -0.05) is 37.6 Å². The van der Waals surface area contributed by atoms with E-state index in [-0.39, 0.29) is 23.6 Å². The Bertz CT molecular complexity index is 857. The van der Waals surface area contributed by atoms with Crippen LogP contribution in [-0.2, 0) is 5.92 Å². The summed E-state index contributed by atoms with van der Waals surface area (Å²) < 4.78 is 26.7. The summed E-state index contributed by atoms with van der Waals surface area (Å²) >= 11 is 5.97. The van der Waals surface area contributed by atoms with Gasteiger partial charge in [0, 0.05) is 44.0 Å². The molecule has 0 spiro atoms. The lowest BCUT2D eigenvalue weighted by Crippen LogP contribution is -2.58. The van der Waals surface area contributed by atoms with Gasteiger partial charge in [0.25, 0.3) is 5.92 Å². The Morgan fingerprint density at radius 2 is 1.93 bits per heavy atom. The van der Waals surface area contributed by atoms with E-state index in [9.17, 15) is 13.6 Å². The predicted octanol–water partition coefficient (Wildman–Crippen LogP) is 4.62. The second kappa shape index (κ2) is 8.49. The lowest BCUT2D eigenvalue weighted by molar-refractivity contribution is 0.0175. The van der Waals surface area contributed by atoms with Crippen LogP contribution in [0, 0.1) is 5.92 Å². The number of carbonyl (C=O) groups is 1. The molecule has 2 amide bonds. The fourth-order valence-electron chi connectivity index (χ4n) is 3.34. The molecule has 1 aromatic heterocycles. The van der Waals surface area contributed by atoms with Crippen molar-refractivity contribution in [3.8, 4) is 0 Å². The summed E-state index contributed by atoms with van der Waals surface area (Å²) in [6, 6.07) is 6.93. The third-order valence-electron chi connectivity index (χ3n) is 4.98. The molecular weight excluding hydrogens is 400 g/mol. The zero-order chi connectivity index (χ0) is 21.2. The van der Waals surface area contributed by atoms with Crippen LogP contribution in [0.1, 0.15) is 26.3 Å². The average molecular weight is 424 g/mol. The van der Waals surface area contributed by atoms with Gasteiger partial charge in [-0.05, 0) is 24.1 Å². The lowest BCUT2D eigenvalue weighted by atomic mass is 10.00. The molecule has 0 radical (unpaired) electrons. The Hall–Kier alpha value is -2.48. The lowest BCUT2D eigenvalue weighted by Gasteiger charge is -2.43. The summed E-state index contributed by atoms with van der Waals surface area (Å²) in [5.74, 6) is -2.17. The number of urea groups is 1. The molecule has 9 heteroatoms. The second-order valence-corrected chi connectivity index (χ2v) is 7.91. The summed E-state index contributed by atoms with van der Waals surface area (Å²) in [5.41, 5.74) is 0.386. The van der Waals surface area contributed by atoms with Crippen LogP contribution in [0.5, 0.6) is 0 Å². The van der Waals surface area contributed by atoms with E-state index in [1.165, 1.54) is 24.3 Å². The van der Waals surface area contributed by atoms with Crippen molar-refractivity contribution in [3.63, 3.8) is 0 Å². The molecule has 156 valence electrons. The first-order valence-corrected chi connectivity index (χ1v) is 9.82. The highest BCUT2D eigenvalue weighted by molar-refractivity contribution is 6.29. The monoisotopic (exact) mass is 423 g/mol. The average Bonchev–Trinajstić information content (AvgIpc) is 2.67. The number of nitrogens with one attached hydrogen (secondary N) is 1. The van der Waals surface area contributed by atoms with Crippen LogP contribution >= 0.6 is 11.6 Å². The zero-order valence-electron chi connectivity index (χ0n) is 16.6. The van der Waals surface area contributed by atoms with Crippen molar-refractivity contribution in [2.75, 3.05) is 29.9 Å². The third-order valence-corrected chi connectivity index (χ3v) is 5.19. The molecule has 1 aromatic carbocycles. The molecule has 3 rings (SSSR count). The summed E-state index contributed by atoms with van der Waals surface area (Å²) in [4.78, 5) is 25.2. The van der Waals surface area contributed by atoms with Crippen LogP contribution in [0.3, 0.4) is 0 Å². The molecule has 1 saturated heterocycles. The molecule has 0 bridgehead atoms. The number of nitrogens with zero attached hydrogens (tertiary/aromatic N) is 4. The van der Waals surface area contributed by atoms with E-state index in [1.807, 2.05) is 18.7 Å². The highest BCUT2D eigenvalue weighted by Gasteiger charge is 2.33. The van der Waals surface area contributed by atoms with Gasteiger partial charge in [0.1, 0.15) is 5.15 Å². The van der Waals surface area contributed by atoms with Gasteiger partial charge in [-0.3, -0.25) is 0 Å². The number of amides is 2. The quantitative estimate of drug-likeness (QED) is 0.729. The molecule has 0 aliphatic carbocycles. The Balaban J connectivity index is 1.70. The number of alkyl halides is 2. The highest BCUT2D eigenvalue weighted by atomic mass is 35.5. The second-order valence-electron chi connectivity index (χ2n) is 7.53. The van der Waals surface area contributed by atoms with Crippen molar-refractivity contribution in [2.45, 2.75) is 32.7 Å². The number of carbonyl (C=O) groups excluding carboxylic acids is 1. The van der Waals surface area contributed by atoms with Crippen molar-refractivity contribution in [2.24, 2.45) is 5.92 Å². The molecule has 1 fully saturated rings. The van der Waals surface area contributed by atoms with E-state index < -0.39 is 5.92 Å². The molecule has 1 aliphatic rings. The first-order valence-electron chi connectivity index (χ1n) is 9.44. The number of rotatable bonds is 4. The fourth-order valence-corrected chi connectivity index (χ4v) is 3.47. The van der Waals surface area contributed by atoms with Gasteiger partial charge in [0.05, 0.1) is 6.04 Å². The maximum absolute atomic E-state index is 13.4. The van der Waals surface area contributed by atoms with Crippen LogP contribution < -0.4 is 10.2 Å². The summed E-state index contributed by atoms with van der Waals surface area (Å²) in [5, 5.41) is 3.18. The summed E-state index contributed by atoms with van der Waals surface area (Å²) in [6.07, 6.45) is 1.61. The van der Waals surface area contributed by atoms with E-state index in [2.05, 4.69) is 15.3 Å². The number of hydrogen-bond donors (Lipinski definition) is 1. The first-order chi connectivity index (χ1) is 13.6. The van der Waals surface area contributed by atoms with Crippen molar-refractivity contribution >= 4 is 29.3 Å². The largest absolute Gasteiger partial charge is 0.337 e. The highest BCUT2D eigenvalue weighted by Crippen LogP contribution is 2.28. The molecule has 1 aliphatic heterocycles. The Morgan fingerprint density at radius 1 is 1.24 bits per heavy atom. The summed E-state index contributed by atoms with van der Waals surface area (Å²) in [7, 11) is 0. The molecule has 1 atom stereocenters. The molecular formula is C20H24ClF2N5O. The topological polar surface area (TPSA) is 61.4 Å². The van der Waals surface area contributed by atoms with Gasteiger partial charge in [-0.25, -0.2) is 23.5 Å². The number of halogens is 3. The van der Waals surface area contributed by atoms with Crippen LogP contribution in [0.25, 0.3) is 0 Å². The van der Waals surface area contributed by atoms with E-state index in [0.717, 1.165) is 6.92 Å². The van der Waals surface area contributed by atoms with Crippen LogP contribution in [0.2, 0.25) is 5.15 Å². The fraction of sp³-hybridized carbons (Fsp3) is 0.450. The minimum atomic E-state index is -2.91. The van der Waals surface area contributed by atoms with Gasteiger partial charge in [0.2, 0.25) is 5.95 Å². The van der Waals surface area contributed by atoms with Gasteiger partial charge in [0.15, 0.2) is 0 Å². The number of hydrogen-bond acceptors (Lipinski definition) is 4. The number of benzene rings is 1. The smallest absolute Gasteiger partial charge is 0.322 e. The first kappa shape index (κ1) is 21.2. The van der Waals surface area contributed by atoms with Crippen LogP contribution in [0.4, 0.5) is 25.2 Å². The van der Waals surface area contributed by atoms with Crippen molar-refractivity contribution in [1.29, 1.82) is 0 Å². The Kier molecular flexibility index (Phi) is 6.21.